The summed E-state index contributed by atoms with van der Waals surface area (Å²) >= 11 is 0. The molecule has 0 aromatic carbocycles. The summed E-state index contributed by atoms with van der Waals surface area (Å²) in [5.74, 6) is 2.61. The maximum atomic E-state index is 5.26. The third-order valence-corrected chi connectivity index (χ3v) is 4.79. The molecule has 2 heterocycles. The second-order valence-corrected chi connectivity index (χ2v) is 6.55. The molecule has 2 fully saturated rings. The normalized spacial score (nSPS) is 24.4. The Morgan fingerprint density at radius 2 is 1.95 bits per heavy atom. The predicted octanol–water partition coefficient (Wildman–Crippen LogP) is 1.88. The zero-order valence-corrected chi connectivity index (χ0v) is 16.7. The van der Waals surface area contributed by atoms with Crippen molar-refractivity contribution in [1.29, 1.82) is 0 Å². The van der Waals surface area contributed by atoms with Crippen molar-refractivity contribution in [3.8, 4) is 0 Å². The minimum absolute atomic E-state index is 0. The van der Waals surface area contributed by atoms with E-state index in [1.54, 1.807) is 7.11 Å². The van der Waals surface area contributed by atoms with Crippen LogP contribution in [0.15, 0.2) is 4.99 Å². The molecule has 1 atom stereocenters. The van der Waals surface area contributed by atoms with Gasteiger partial charge in [-0.05, 0) is 38.3 Å². The maximum Gasteiger partial charge on any atom is 0.193 e. The molecular formula is C16H33IN4O. The van der Waals surface area contributed by atoms with Gasteiger partial charge in [-0.2, -0.15) is 0 Å². The molecule has 2 rings (SSSR count). The zero-order chi connectivity index (χ0) is 15.1. The number of halogens is 1. The lowest BCUT2D eigenvalue weighted by Gasteiger charge is -2.30. The molecule has 130 valence electrons. The van der Waals surface area contributed by atoms with Crippen LogP contribution in [0, 0.1) is 11.8 Å². The Morgan fingerprint density at radius 1 is 1.23 bits per heavy atom. The molecule has 2 aliphatic heterocycles. The molecule has 1 N–H and O–H groups in total. The fraction of sp³-hybridized carbons (Fsp3) is 0.938. The lowest BCUT2D eigenvalue weighted by atomic mass is 9.99. The average molecular weight is 424 g/mol. The van der Waals surface area contributed by atoms with Gasteiger partial charge in [-0.15, -0.1) is 24.0 Å². The van der Waals surface area contributed by atoms with E-state index in [2.05, 4.69) is 27.0 Å². The first-order valence-corrected chi connectivity index (χ1v) is 8.39. The van der Waals surface area contributed by atoms with Crippen LogP contribution in [0.2, 0.25) is 0 Å². The Labute approximate surface area is 152 Å². The second-order valence-electron chi connectivity index (χ2n) is 6.55. The predicted molar refractivity (Wildman–Crippen MR) is 103 cm³/mol. The van der Waals surface area contributed by atoms with Crippen molar-refractivity contribution in [2.24, 2.45) is 16.8 Å². The lowest BCUT2D eigenvalue weighted by Crippen LogP contribution is -2.44. The van der Waals surface area contributed by atoms with Crippen LogP contribution < -0.4 is 5.32 Å². The van der Waals surface area contributed by atoms with E-state index in [4.69, 9.17) is 4.74 Å². The summed E-state index contributed by atoms with van der Waals surface area (Å²) in [5, 5.41) is 3.53. The van der Waals surface area contributed by atoms with Crippen molar-refractivity contribution in [3.05, 3.63) is 0 Å². The molecule has 0 spiro atoms. The van der Waals surface area contributed by atoms with Crippen molar-refractivity contribution < 1.29 is 4.74 Å². The molecule has 2 aliphatic rings. The van der Waals surface area contributed by atoms with E-state index in [1.807, 2.05) is 7.05 Å². The number of methoxy groups -OCH3 is 1. The van der Waals surface area contributed by atoms with Gasteiger partial charge in [-0.1, -0.05) is 6.92 Å². The molecule has 0 bridgehead atoms. The summed E-state index contributed by atoms with van der Waals surface area (Å²) in [6.07, 6.45) is 3.90. The lowest BCUT2D eigenvalue weighted by molar-refractivity contribution is 0.157. The minimum Gasteiger partial charge on any atom is -0.384 e. The highest BCUT2D eigenvalue weighted by Crippen LogP contribution is 2.17. The highest BCUT2D eigenvalue weighted by Gasteiger charge is 2.24. The van der Waals surface area contributed by atoms with Crippen molar-refractivity contribution in [2.45, 2.75) is 26.2 Å². The van der Waals surface area contributed by atoms with Crippen LogP contribution in [0.4, 0.5) is 0 Å². The topological polar surface area (TPSA) is 40.1 Å². The van der Waals surface area contributed by atoms with E-state index in [-0.39, 0.29) is 24.0 Å². The monoisotopic (exact) mass is 424 g/mol. The Morgan fingerprint density at radius 3 is 2.59 bits per heavy atom. The third-order valence-electron chi connectivity index (χ3n) is 4.79. The first-order valence-electron chi connectivity index (χ1n) is 8.39. The summed E-state index contributed by atoms with van der Waals surface area (Å²) in [6.45, 7) is 10.0. The van der Waals surface area contributed by atoms with E-state index in [0.717, 1.165) is 44.7 Å². The number of ether oxygens (including phenoxy) is 1. The minimum atomic E-state index is 0. The molecule has 5 nitrogen and oxygen atoms in total. The van der Waals surface area contributed by atoms with Gasteiger partial charge in [0.05, 0.1) is 6.61 Å². The van der Waals surface area contributed by atoms with Crippen LogP contribution in [-0.2, 0) is 4.74 Å². The number of nitrogens with one attached hydrogen (secondary N) is 1. The molecule has 0 radical (unpaired) electrons. The van der Waals surface area contributed by atoms with Gasteiger partial charge in [0.2, 0.25) is 0 Å². The van der Waals surface area contributed by atoms with E-state index in [9.17, 15) is 0 Å². The van der Waals surface area contributed by atoms with Gasteiger partial charge in [-0.25, -0.2) is 0 Å². The van der Waals surface area contributed by atoms with Gasteiger partial charge in [0.15, 0.2) is 5.96 Å². The van der Waals surface area contributed by atoms with Crippen LogP contribution in [0.3, 0.4) is 0 Å². The van der Waals surface area contributed by atoms with Crippen LogP contribution in [0.25, 0.3) is 0 Å². The Bertz CT molecular complexity index is 332. The SMILES string of the molecule is CN=C(NCCN1CCC(C)CC1)N1CCC(COC)C1.I. The summed E-state index contributed by atoms with van der Waals surface area (Å²) in [7, 11) is 3.67. The van der Waals surface area contributed by atoms with Gasteiger partial charge in [-0.3, -0.25) is 4.99 Å². The number of hydrogen-bond donors (Lipinski definition) is 1. The second kappa shape index (κ2) is 10.6. The quantitative estimate of drug-likeness (QED) is 0.416. The molecule has 2 saturated heterocycles. The first kappa shape index (κ1) is 20.0. The summed E-state index contributed by atoms with van der Waals surface area (Å²) in [5.41, 5.74) is 0. The summed E-state index contributed by atoms with van der Waals surface area (Å²) in [6, 6.07) is 0. The van der Waals surface area contributed by atoms with E-state index in [1.165, 1.54) is 32.4 Å². The highest BCUT2D eigenvalue weighted by molar-refractivity contribution is 14.0. The van der Waals surface area contributed by atoms with Gasteiger partial charge in [0.25, 0.3) is 0 Å². The van der Waals surface area contributed by atoms with Crippen LogP contribution >= 0.6 is 24.0 Å². The Kier molecular flexibility index (Phi) is 9.66. The van der Waals surface area contributed by atoms with Gasteiger partial charge < -0.3 is 19.9 Å². The van der Waals surface area contributed by atoms with Crippen LogP contribution in [0.5, 0.6) is 0 Å². The number of piperidine rings is 1. The number of likely N-dealkylation sites (tertiary alicyclic amines) is 2. The molecule has 6 heteroatoms. The number of nitrogens with zero attached hydrogens (tertiary/aromatic N) is 3. The molecule has 0 aromatic heterocycles. The Balaban J connectivity index is 0.00000242. The molecule has 1 unspecified atom stereocenters. The molecule has 0 saturated carbocycles. The summed E-state index contributed by atoms with van der Waals surface area (Å²) < 4.78 is 5.26. The maximum absolute atomic E-state index is 5.26. The highest BCUT2D eigenvalue weighted by atomic mass is 127. The summed E-state index contributed by atoms with van der Waals surface area (Å²) in [4.78, 5) is 9.36. The molecule has 0 aromatic rings. The third kappa shape index (κ3) is 6.20. The van der Waals surface area contributed by atoms with Gasteiger partial charge in [0, 0.05) is 46.3 Å². The van der Waals surface area contributed by atoms with Crippen LogP contribution in [-0.4, -0.2) is 75.8 Å². The fourth-order valence-electron chi connectivity index (χ4n) is 3.34. The number of aliphatic imine (C=N–C) groups is 1. The standard InChI is InChI=1S/C16H32N4O.HI/c1-14-4-8-19(9-5-14)11-7-18-16(17-2)20-10-6-15(12-20)13-21-3;/h14-15H,4-13H2,1-3H3,(H,17,18);1H. The van der Waals surface area contributed by atoms with Crippen molar-refractivity contribution in [1.82, 2.24) is 15.1 Å². The largest absolute Gasteiger partial charge is 0.384 e. The zero-order valence-electron chi connectivity index (χ0n) is 14.4. The Hall–Kier alpha value is -0.0800. The van der Waals surface area contributed by atoms with E-state index < -0.39 is 0 Å². The first-order chi connectivity index (χ1) is 10.2. The molecule has 0 amide bonds. The van der Waals surface area contributed by atoms with Gasteiger partial charge >= 0.3 is 0 Å². The van der Waals surface area contributed by atoms with Gasteiger partial charge in [0.1, 0.15) is 0 Å². The smallest absolute Gasteiger partial charge is 0.193 e. The average Bonchev–Trinajstić information content (AvgIpc) is 2.94. The fourth-order valence-corrected chi connectivity index (χ4v) is 3.34. The molecular weight excluding hydrogens is 391 g/mol. The number of hydrogen-bond acceptors (Lipinski definition) is 3. The van der Waals surface area contributed by atoms with Crippen molar-refractivity contribution in [3.63, 3.8) is 0 Å². The number of guanidine groups is 1. The molecule has 22 heavy (non-hydrogen) atoms. The van der Waals surface area contributed by atoms with Crippen LogP contribution in [0.1, 0.15) is 26.2 Å². The molecule has 0 aliphatic carbocycles. The van der Waals surface area contributed by atoms with Crippen molar-refractivity contribution >= 4 is 29.9 Å². The number of rotatable bonds is 5. The van der Waals surface area contributed by atoms with Crippen molar-refractivity contribution in [2.75, 3.05) is 60.0 Å². The van der Waals surface area contributed by atoms with E-state index in [0.29, 0.717) is 5.92 Å². The van der Waals surface area contributed by atoms with E-state index >= 15 is 0 Å².